The van der Waals surface area contributed by atoms with E-state index in [0.29, 0.717) is 26.1 Å². The third-order valence-electron chi connectivity index (χ3n) is 2.75. The minimum atomic E-state index is -3.74. The van der Waals surface area contributed by atoms with Gasteiger partial charge in [0.2, 0.25) is 0 Å². The number of nitrogens with zero attached hydrogens (tertiary/aromatic N) is 1. The zero-order valence-corrected chi connectivity index (χ0v) is 11.3. The van der Waals surface area contributed by atoms with Crippen molar-refractivity contribution >= 4 is 16.2 Å². The lowest BCUT2D eigenvalue weighted by Crippen LogP contribution is -2.51. The second kappa shape index (κ2) is 7.03. The van der Waals surface area contributed by atoms with Crippen LogP contribution < -0.4 is 4.72 Å². The summed E-state index contributed by atoms with van der Waals surface area (Å²) in [4.78, 5) is 11.0. The minimum Gasteiger partial charge on any atom is -0.480 e. The molecule has 1 heterocycles. The first kappa shape index (κ1) is 15.4. The first-order chi connectivity index (χ1) is 8.47. The molecule has 8 heteroatoms. The van der Waals surface area contributed by atoms with Crippen molar-refractivity contribution in [1.82, 2.24) is 9.03 Å². The molecular formula is C10H20N2O5S. The number of nitrogens with one attached hydrogen (secondary N) is 1. The molecule has 7 nitrogen and oxygen atoms in total. The molecule has 1 unspecified atom stereocenters. The van der Waals surface area contributed by atoms with Gasteiger partial charge >= 0.3 is 5.97 Å². The van der Waals surface area contributed by atoms with Crippen LogP contribution in [0.3, 0.4) is 0 Å². The number of hydrogen-bond donors (Lipinski definition) is 2. The van der Waals surface area contributed by atoms with E-state index in [1.165, 1.54) is 4.31 Å². The fourth-order valence-electron chi connectivity index (χ4n) is 1.68. The van der Waals surface area contributed by atoms with E-state index in [1.54, 1.807) is 0 Å². The highest BCUT2D eigenvalue weighted by molar-refractivity contribution is 7.87. The Kier molecular flexibility index (Phi) is 6.00. The minimum absolute atomic E-state index is 0.259. The second-order valence-electron chi connectivity index (χ2n) is 4.17. The maximum absolute atomic E-state index is 12.0. The Morgan fingerprint density at radius 3 is 2.56 bits per heavy atom. The average Bonchev–Trinajstić information content (AvgIpc) is 2.35. The Balaban J connectivity index is 2.62. The van der Waals surface area contributed by atoms with E-state index >= 15 is 0 Å². The van der Waals surface area contributed by atoms with Crippen LogP contribution in [0.1, 0.15) is 26.2 Å². The van der Waals surface area contributed by atoms with Gasteiger partial charge in [0.25, 0.3) is 10.2 Å². The number of rotatable bonds is 7. The lowest BCUT2D eigenvalue weighted by atomic mass is 10.1. The summed E-state index contributed by atoms with van der Waals surface area (Å²) in [5, 5.41) is 8.99. The highest BCUT2D eigenvalue weighted by Crippen LogP contribution is 2.07. The number of carbonyl (C=O) groups is 1. The smallest absolute Gasteiger partial charge is 0.321 e. The van der Waals surface area contributed by atoms with E-state index in [9.17, 15) is 13.2 Å². The van der Waals surface area contributed by atoms with Gasteiger partial charge in [-0.3, -0.25) is 4.79 Å². The Labute approximate surface area is 107 Å². The van der Waals surface area contributed by atoms with E-state index < -0.39 is 22.2 Å². The van der Waals surface area contributed by atoms with E-state index in [2.05, 4.69) is 4.72 Å². The number of morpholine rings is 1. The number of unbranched alkanes of at least 4 members (excludes halogenated alkanes) is 1. The molecule has 1 aliphatic heterocycles. The van der Waals surface area contributed by atoms with E-state index in [-0.39, 0.29) is 13.1 Å². The van der Waals surface area contributed by atoms with Crippen molar-refractivity contribution in [3.05, 3.63) is 0 Å². The van der Waals surface area contributed by atoms with Crippen molar-refractivity contribution in [3.8, 4) is 0 Å². The summed E-state index contributed by atoms with van der Waals surface area (Å²) in [5.41, 5.74) is 0. The molecule has 0 bridgehead atoms. The van der Waals surface area contributed by atoms with Gasteiger partial charge in [-0.25, -0.2) is 0 Å². The molecule has 0 aromatic carbocycles. The van der Waals surface area contributed by atoms with Gasteiger partial charge < -0.3 is 9.84 Å². The maximum atomic E-state index is 12.0. The van der Waals surface area contributed by atoms with Crippen LogP contribution in [0, 0.1) is 0 Å². The molecule has 1 atom stereocenters. The molecule has 2 N–H and O–H groups in total. The van der Waals surface area contributed by atoms with E-state index in [1.807, 2.05) is 6.92 Å². The Morgan fingerprint density at radius 2 is 2.06 bits per heavy atom. The van der Waals surface area contributed by atoms with Gasteiger partial charge in [-0.15, -0.1) is 0 Å². The Hall–Kier alpha value is -0.700. The number of carboxylic acid groups (broad SMARTS) is 1. The number of aliphatic carboxylic acids is 1. The molecule has 0 saturated carbocycles. The van der Waals surface area contributed by atoms with Crippen LogP contribution in [0.4, 0.5) is 0 Å². The molecule has 0 aromatic rings. The fraction of sp³-hybridized carbons (Fsp3) is 0.900. The van der Waals surface area contributed by atoms with Crippen LogP contribution in [0.25, 0.3) is 0 Å². The van der Waals surface area contributed by atoms with Crippen LogP contribution in [0.2, 0.25) is 0 Å². The second-order valence-corrected chi connectivity index (χ2v) is 5.87. The molecule has 1 aliphatic rings. The van der Waals surface area contributed by atoms with Crippen LogP contribution in [-0.4, -0.2) is 56.1 Å². The Morgan fingerprint density at radius 1 is 1.44 bits per heavy atom. The summed E-state index contributed by atoms with van der Waals surface area (Å²) in [6.45, 7) is 3.13. The monoisotopic (exact) mass is 280 g/mol. The lowest BCUT2D eigenvalue weighted by Gasteiger charge is -2.27. The largest absolute Gasteiger partial charge is 0.480 e. The van der Waals surface area contributed by atoms with Gasteiger partial charge in [-0.1, -0.05) is 19.8 Å². The van der Waals surface area contributed by atoms with Gasteiger partial charge in [-0.05, 0) is 6.42 Å². The number of carboxylic acids is 1. The number of ether oxygens (including phenoxy) is 1. The Bertz CT molecular complexity index is 364. The summed E-state index contributed by atoms with van der Waals surface area (Å²) < 4.78 is 32.4. The van der Waals surface area contributed by atoms with Gasteiger partial charge in [-0.2, -0.15) is 17.4 Å². The van der Waals surface area contributed by atoms with Gasteiger partial charge in [0.1, 0.15) is 6.04 Å². The lowest BCUT2D eigenvalue weighted by molar-refractivity contribution is -0.139. The highest BCUT2D eigenvalue weighted by Gasteiger charge is 2.29. The molecule has 0 spiro atoms. The molecule has 0 amide bonds. The van der Waals surface area contributed by atoms with Crippen LogP contribution in [0.15, 0.2) is 0 Å². The molecule has 1 fully saturated rings. The van der Waals surface area contributed by atoms with Crippen molar-refractivity contribution in [1.29, 1.82) is 0 Å². The summed E-state index contributed by atoms with van der Waals surface area (Å²) in [6.07, 6.45) is 1.79. The van der Waals surface area contributed by atoms with Gasteiger partial charge in [0, 0.05) is 13.1 Å². The summed E-state index contributed by atoms with van der Waals surface area (Å²) in [6, 6.07) is -1.06. The van der Waals surface area contributed by atoms with E-state index in [4.69, 9.17) is 9.84 Å². The van der Waals surface area contributed by atoms with Crippen LogP contribution in [0.5, 0.6) is 0 Å². The maximum Gasteiger partial charge on any atom is 0.321 e. The molecule has 0 aromatic heterocycles. The molecule has 106 valence electrons. The van der Waals surface area contributed by atoms with Crippen molar-refractivity contribution in [2.24, 2.45) is 0 Å². The third-order valence-corrected chi connectivity index (χ3v) is 4.37. The van der Waals surface area contributed by atoms with Crippen molar-refractivity contribution in [3.63, 3.8) is 0 Å². The first-order valence-electron chi connectivity index (χ1n) is 6.05. The summed E-state index contributed by atoms with van der Waals surface area (Å²) in [5.74, 6) is -1.14. The average molecular weight is 280 g/mol. The molecule has 18 heavy (non-hydrogen) atoms. The van der Waals surface area contributed by atoms with Gasteiger partial charge in [0.05, 0.1) is 13.2 Å². The zero-order chi connectivity index (χ0) is 13.6. The quantitative estimate of drug-likeness (QED) is 0.673. The molecule has 0 radical (unpaired) electrons. The molecule has 1 saturated heterocycles. The standard InChI is InChI=1S/C10H20N2O5S/c1-2-3-4-9(10(13)14)11-18(15,16)12-5-7-17-8-6-12/h9,11H,2-8H2,1H3,(H,13,14). The van der Waals surface area contributed by atoms with E-state index in [0.717, 1.165) is 6.42 Å². The molecule has 0 aliphatic carbocycles. The molecular weight excluding hydrogens is 260 g/mol. The van der Waals surface area contributed by atoms with Crippen LogP contribution >= 0.6 is 0 Å². The van der Waals surface area contributed by atoms with Crippen molar-refractivity contribution in [2.75, 3.05) is 26.3 Å². The van der Waals surface area contributed by atoms with Crippen LogP contribution in [-0.2, 0) is 19.7 Å². The highest BCUT2D eigenvalue weighted by atomic mass is 32.2. The normalized spacial score (nSPS) is 19.6. The SMILES string of the molecule is CCCCC(NS(=O)(=O)N1CCOCC1)C(=O)O. The fourth-order valence-corrected chi connectivity index (χ4v) is 3.04. The predicted octanol–water partition coefficient (Wildman–Crippen LogP) is -0.204. The van der Waals surface area contributed by atoms with Crippen molar-refractivity contribution < 1.29 is 23.1 Å². The zero-order valence-electron chi connectivity index (χ0n) is 10.5. The third kappa shape index (κ3) is 4.52. The summed E-state index contributed by atoms with van der Waals surface area (Å²) >= 11 is 0. The topological polar surface area (TPSA) is 95.9 Å². The van der Waals surface area contributed by atoms with Gasteiger partial charge in [0.15, 0.2) is 0 Å². The molecule has 1 rings (SSSR count). The first-order valence-corrected chi connectivity index (χ1v) is 7.49. The van der Waals surface area contributed by atoms with Crippen molar-refractivity contribution in [2.45, 2.75) is 32.2 Å². The predicted molar refractivity (Wildman–Crippen MR) is 65.4 cm³/mol. The summed E-state index contributed by atoms with van der Waals surface area (Å²) in [7, 11) is -3.74. The number of hydrogen-bond acceptors (Lipinski definition) is 4.